The lowest BCUT2D eigenvalue weighted by molar-refractivity contribution is -0.117. The molecule has 1 N–H and O–H groups in total. The summed E-state index contributed by atoms with van der Waals surface area (Å²) in [6.45, 7) is 3.84. The van der Waals surface area contributed by atoms with Crippen LogP contribution in [0.3, 0.4) is 0 Å². The average molecular weight is 429 g/mol. The van der Waals surface area contributed by atoms with E-state index in [9.17, 15) is 4.79 Å². The number of aromatic nitrogens is 1. The fraction of sp³-hybridized carbons (Fsp3) is 0.238. The number of nitrogens with zero attached hydrogens (tertiary/aromatic N) is 3. The Morgan fingerprint density at radius 1 is 1.10 bits per heavy atom. The van der Waals surface area contributed by atoms with E-state index in [0.717, 1.165) is 37.0 Å². The quantitative estimate of drug-likeness (QED) is 0.632. The molecule has 150 valence electrons. The van der Waals surface area contributed by atoms with Crippen LogP contribution in [0.2, 0.25) is 5.02 Å². The Bertz CT molecular complexity index is 942. The molecule has 1 amide bonds. The molecule has 8 heteroatoms. The summed E-state index contributed by atoms with van der Waals surface area (Å²) in [5.74, 6) is 1.24. The van der Waals surface area contributed by atoms with Crippen LogP contribution in [0.15, 0.2) is 60.1 Å². The minimum Gasteiger partial charge on any atom is -0.456 e. The van der Waals surface area contributed by atoms with Gasteiger partial charge in [0.15, 0.2) is 5.13 Å². The molecule has 0 atom stereocenters. The molecule has 3 aromatic rings. The predicted molar refractivity (Wildman–Crippen MR) is 117 cm³/mol. The topological polar surface area (TPSA) is 57.7 Å². The third-order valence-corrected chi connectivity index (χ3v) is 5.78. The van der Waals surface area contributed by atoms with Crippen molar-refractivity contribution in [2.75, 3.05) is 42.9 Å². The first-order valence-corrected chi connectivity index (χ1v) is 10.6. The number of carbonyl (C=O) groups is 1. The Hall–Kier alpha value is -2.61. The van der Waals surface area contributed by atoms with Gasteiger partial charge in [-0.2, -0.15) is 0 Å². The largest absolute Gasteiger partial charge is 0.456 e. The Balaban J connectivity index is 1.25. The zero-order valence-corrected chi connectivity index (χ0v) is 17.3. The monoisotopic (exact) mass is 428 g/mol. The van der Waals surface area contributed by atoms with Crippen LogP contribution >= 0.6 is 22.9 Å². The number of piperazine rings is 1. The van der Waals surface area contributed by atoms with Gasteiger partial charge in [-0.3, -0.25) is 9.69 Å². The second-order valence-corrected chi connectivity index (χ2v) is 7.96. The highest BCUT2D eigenvalue weighted by atomic mass is 35.5. The Kier molecular flexibility index (Phi) is 6.29. The maximum Gasteiger partial charge on any atom is 0.238 e. The fourth-order valence-electron chi connectivity index (χ4n) is 3.13. The summed E-state index contributed by atoms with van der Waals surface area (Å²) in [5.41, 5.74) is 0.739. The van der Waals surface area contributed by atoms with Gasteiger partial charge in [0.25, 0.3) is 0 Å². The van der Waals surface area contributed by atoms with Crippen LogP contribution in [0.5, 0.6) is 11.5 Å². The second-order valence-electron chi connectivity index (χ2n) is 6.68. The summed E-state index contributed by atoms with van der Waals surface area (Å²) >= 11 is 7.76. The van der Waals surface area contributed by atoms with Gasteiger partial charge in [0.2, 0.25) is 5.91 Å². The molecule has 4 rings (SSSR count). The minimum absolute atomic E-state index is 0.0209. The average Bonchev–Trinajstić information content (AvgIpc) is 3.27. The minimum atomic E-state index is -0.0209. The van der Waals surface area contributed by atoms with Crippen molar-refractivity contribution < 1.29 is 9.53 Å². The van der Waals surface area contributed by atoms with Crippen LogP contribution in [0.25, 0.3) is 0 Å². The van der Waals surface area contributed by atoms with Gasteiger partial charge in [-0.05, 0) is 36.4 Å². The molecule has 29 heavy (non-hydrogen) atoms. The van der Waals surface area contributed by atoms with Gasteiger partial charge in [-0.25, -0.2) is 4.98 Å². The summed E-state index contributed by atoms with van der Waals surface area (Å²) < 4.78 is 5.77. The molecule has 0 aliphatic carbocycles. The highest BCUT2D eigenvalue weighted by Gasteiger charge is 2.20. The van der Waals surface area contributed by atoms with Crippen molar-refractivity contribution in [1.29, 1.82) is 0 Å². The van der Waals surface area contributed by atoms with Gasteiger partial charge >= 0.3 is 0 Å². The number of nitrogens with one attached hydrogen (secondary N) is 1. The maximum atomic E-state index is 12.4. The van der Waals surface area contributed by atoms with Gasteiger partial charge in [0.1, 0.15) is 11.5 Å². The first-order valence-electron chi connectivity index (χ1n) is 9.36. The number of carbonyl (C=O) groups excluding carboxylic acids is 1. The Labute approximate surface area is 178 Å². The second kappa shape index (κ2) is 9.26. The number of amides is 1. The first kappa shape index (κ1) is 19.7. The van der Waals surface area contributed by atoms with E-state index in [1.54, 1.807) is 17.4 Å². The molecule has 2 heterocycles. The molecule has 0 radical (unpaired) electrons. The molecule has 1 aliphatic rings. The summed E-state index contributed by atoms with van der Waals surface area (Å²) in [7, 11) is 0. The molecule has 1 aliphatic heterocycles. The third-order valence-electron chi connectivity index (χ3n) is 4.63. The van der Waals surface area contributed by atoms with Crippen LogP contribution in [0.4, 0.5) is 10.8 Å². The number of hydrogen-bond acceptors (Lipinski definition) is 6. The molecule has 0 bridgehead atoms. The number of para-hydroxylation sites is 1. The van der Waals surface area contributed by atoms with Crippen molar-refractivity contribution in [3.8, 4) is 11.5 Å². The van der Waals surface area contributed by atoms with Crippen LogP contribution < -0.4 is 15.0 Å². The van der Waals surface area contributed by atoms with Gasteiger partial charge in [0, 0.05) is 43.4 Å². The van der Waals surface area contributed by atoms with Crippen molar-refractivity contribution in [2.24, 2.45) is 0 Å². The van der Waals surface area contributed by atoms with E-state index >= 15 is 0 Å². The van der Waals surface area contributed by atoms with Crippen LogP contribution in [0.1, 0.15) is 0 Å². The predicted octanol–water partition coefficient (Wildman–Crippen LogP) is 4.35. The SMILES string of the molecule is O=C(CN1CCN(c2nccs2)CC1)Nc1ccc(Oc2ccccc2Cl)cc1. The molecule has 1 saturated heterocycles. The summed E-state index contributed by atoms with van der Waals surface area (Å²) in [6, 6.07) is 14.6. The van der Waals surface area contributed by atoms with Crippen LogP contribution in [-0.4, -0.2) is 48.5 Å². The number of benzene rings is 2. The summed E-state index contributed by atoms with van der Waals surface area (Å²) in [6.07, 6.45) is 1.82. The maximum absolute atomic E-state index is 12.4. The Morgan fingerprint density at radius 3 is 2.55 bits per heavy atom. The number of thiazole rings is 1. The lowest BCUT2D eigenvalue weighted by Crippen LogP contribution is -2.48. The smallest absolute Gasteiger partial charge is 0.238 e. The van der Waals surface area contributed by atoms with Crippen LogP contribution in [-0.2, 0) is 4.79 Å². The number of halogens is 1. The van der Waals surface area contributed by atoms with Crippen molar-refractivity contribution in [3.63, 3.8) is 0 Å². The number of rotatable bonds is 6. The molecule has 6 nitrogen and oxygen atoms in total. The van der Waals surface area contributed by atoms with Crippen molar-refractivity contribution >= 4 is 39.7 Å². The lowest BCUT2D eigenvalue weighted by Gasteiger charge is -2.34. The van der Waals surface area contributed by atoms with E-state index in [4.69, 9.17) is 16.3 Å². The van der Waals surface area contributed by atoms with Gasteiger partial charge in [-0.15, -0.1) is 11.3 Å². The van der Waals surface area contributed by atoms with E-state index < -0.39 is 0 Å². The van der Waals surface area contributed by atoms with Crippen LogP contribution in [0, 0.1) is 0 Å². The zero-order chi connectivity index (χ0) is 20.1. The van der Waals surface area contributed by atoms with Crippen molar-refractivity contribution in [2.45, 2.75) is 0 Å². The molecule has 1 fully saturated rings. The normalized spacial score (nSPS) is 14.6. The molecule has 2 aromatic carbocycles. The van der Waals surface area contributed by atoms with E-state index in [0.29, 0.717) is 23.1 Å². The van der Waals surface area contributed by atoms with Gasteiger partial charge in [-0.1, -0.05) is 23.7 Å². The van der Waals surface area contributed by atoms with E-state index in [1.165, 1.54) is 0 Å². The van der Waals surface area contributed by atoms with E-state index in [1.807, 2.05) is 54.0 Å². The van der Waals surface area contributed by atoms with Crippen molar-refractivity contribution in [1.82, 2.24) is 9.88 Å². The molecule has 0 unspecified atom stereocenters. The highest BCUT2D eigenvalue weighted by molar-refractivity contribution is 7.13. The fourth-order valence-corrected chi connectivity index (χ4v) is 4.00. The summed E-state index contributed by atoms with van der Waals surface area (Å²) in [4.78, 5) is 21.2. The molecule has 0 spiro atoms. The zero-order valence-electron chi connectivity index (χ0n) is 15.8. The highest BCUT2D eigenvalue weighted by Crippen LogP contribution is 2.29. The Morgan fingerprint density at radius 2 is 1.86 bits per heavy atom. The molecular weight excluding hydrogens is 408 g/mol. The van der Waals surface area contributed by atoms with Gasteiger partial charge < -0.3 is 15.0 Å². The number of hydrogen-bond donors (Lipinski definition) is 1. The number of ether oxygens (including phenoxy) is 1. The molecule has 1 aromatic heterocycles. The van der Waals surface area contributed by atoms with Gasteiger partial charge in [0.05, 0.1) is 11.6 Å². The van der Waals surface area contributed by atoms with Crippen molar-refractivity contribution in [3.05, 3.63) is 65.1 Å². The van der Waals surface area contributed by atoms with E-state index in [2.05, 4.69) is 20.1 Å². The third kappa shape index (κ3) is 5.26. The first-order chi connectivity index (χ1) is 14.2. The standard InChI is InChI=1S/C21H21ClN4O2S/c22-18-3-1-2-4-19(18)28-17-7-5-16(6-8-17)24-20(27)15-25-10-12-26(13-11-25)21-23-9-14-29-21/h1-9,14H,10-13,15H2,(H,24,27). The number of anilines is 2. The summed E-state index contributed by atoms with van der Waals surface area (Å²) in [5, 5.41) is 6.54. The molecular formula is C21H21ClN4O2S. The molecule has 0 saturated carbocycles. The van der Waals surface area contributed by atoms with E-state index in [-0.39, 0.29) is 5.91 Å². The lowest BCUT2D eigenvalue weighted by atomic mass is 10.3.